The molecule has 6 heteroatoms. The van der Waals surface area contributed by atoms with Gasteiger partial charge >= 0.3 is 0 Å². The van der Waals surface area contributed by atoms with Crippen LogP contribution in [0.25, 0.3) is 0 Å². The maximum absolute atomic E-state index is 11.8. The molecule has 0 aliphatic heterocycles. The van der Waals surface area contributed by atoms with E-state index in [1.807, 2.05) is 20.1 Å². The van der Waals surface area contributed by atoms with Gasteiger partial charge in [0.05, 0.1) is 12.6 Å². The lowest BCUT2D eigenvalue weighted by molar-refractivity contribution is -0.135. The van der Waals surface area contributed by atoms with Crippen LogP contribution in [0.4, 0.5) is 0 Å². The Labute approximate surface area is 114 Å². The third-order valence-corrected chi connectivity index (χ3v) is 3.06. The highest BCUT2D eigenvalue weighted by atomic mass is 32.2. The van der Waals surface area contributed by atoms with E-state index in [0.29, 0.717) is 18.9 Å². The fourth-order valence-corrected chi connectivity index (χ4v) is 1.81. The molecule has 3 N–H and O–H groups in total. The van der Waals surface area contributed by atoms with Gasteiger partial charge in [0.1, 0.15) is 0 Å². The second kappa shape index (κ2) is 9.22. The lowest BCUT2D eigenvalue weighted by atomic mass is 10.2. The molecule has 0 aromatic carbocycles. The van der Waals surface area contributed by atoms with Crippen molar-refractivity contribution >= 4 is 23.6 Å². The Kier molecular flexibility index (Phi) is 8.83. The van der Waals surface area contributed by atoms with Gasteiger partial charge < -0.3 is 16.0 Å². The fraction of sp³-hybridized carbons (Fsp3) is 0.833. The SMILES string of the molecule is CSCC[C@H](N)C(=O)N(C)CC(=O)NCC(C)C. The molecule has 0 spiro atoms. The first-order valence-corrected chi connectivity index (χ1v) is 7.54. The maximum atomic E-state index is 11.8. The van der Waals surface area contributed by atoms with Crippen LogP contribution in [0, 0.1) is 5.92 Å². The van der Waals surface area contributed by atoms with Crippen LogP contribution in [0.1, 0.15) is 20.3 Å². The molecular weight excluding hydrogens is 250 g/mol. The number of nitrogens with two attached hydrogens (primary N) is 1. The Balaban J connectivity index is 4.02. The molecule has 0 rings (SSSR count). The van der Waals surface area contributed by atoms with Crippen LogP contribution in [0.5, 0.6) is 0 Å². The predicted octanol–water partition coefficient (Wildman–Crippen LogP) is 0.297. The van der Waals surface area contributed by atoms with Crippen LogP contribution < -0.4 is 11.1 Å². The Morgan fingerprint density at radius 3 is 2.50 bits per heavy atom. The number of hydrogen-bond donors (Lipinski definition) is 2. The summed E-state index contributed by atoms with van der Waals surface area (Å²) in [6.45, 7) is 4.73. The third-order valence-electron chi connectivity index (χ3n) is 2.41. The molecule has 0 aliphatic carbocycles. The number of hydrogen-bond acceptors (Lipinski definition) is 4. The van der Waals surface area contributed by atoms with Crippen LogP contribution in [0.2, 0.25) is 0 Å². The first-order valence-electron chi connectivity index (χ1n) is 6.14. The van der Waals surface area contributed by atoms with Gasteiger partial charge in [-0.1, -0.05) is 13.8 Å². The van der Waals surface area contributed by atoms with E-state index in [-0.39, 0.29) is 18.4 Å². The van der Waals surface area contributed by atoms with Gasteiger partial charge in [0.2, 0.25) is 11.8 Å². The first kappa shape index (κ1) is 17.2. The molecule has 0 heterocycles. The van der Waals surface area contributed by atoms with E-state index in [9.17, 15) is 9.59 Å². The zero-order valence-corrected chi connectivity index (χ0v) is 12.5. The Hall–Kier alpha value is -0.750. The topological polar surface area (TPSA) is 75.4 Å². The number of likely N-dealkylation sites (N-methyl/N-ethyl adjacent to an activating group) is 1. The number of thioether (sulfide) groups is 1. The van der Waals surface area contributed by atoms with E-state index >= 15 is 0 Å². The van der Waals surface area contributed by atoms with Gasteiger partial charge in [0.15, 0.2) is 0 Å². The quantitative estimate of drug-likeness (QED) is 0.668. The van der Waals surface area contributed by atoms with Crippen LogP contribution in [0.15, 0.2) is 0 Å². The largest absolute Gasteiger partial charge is 0.354 e. The second-order valence-electron chi connectivity index (χ2n) is 4.78. The van der Waals surface area contributed by atoms with Crippen molar-refractivity contribution in [2.45, 2.75) is 26.3 Å². The molecule has 0 aromatic heterocycles. The Morgan fingerprint density at radius 2 is 2.00 bits per heavy atom. The Bertz CT molecular complexity index is 272. The first-order chi connectivity index (χ1) is 8.38. The minimum atomic E-state index is -0.514. The van der Waals surface area contributed by atoms with Gasteiger partial charge in [-0.25, -0.2) is 0 Å². The molecule has 1 atom stereocenters. The van der Waals surface area contributed by atoms with Crippen molar-refractivity contribution < 1.29 is 9.59 Å². The highest BCUT2D eigenvalue weighted by Gasteiger charge is 2.19. The molecule has 0 aromatic rings. The van der Waals surface area contributed by atoms with E-state index in [2.05, 4.69) is 5.32 Å². The zero-order valence-electron chi connectivity index (χ0n) is 11.7. The summed E-state index contributed by atoms with van der Waals surface area (Å²) in [5, 5.41) is 2.77. The van der Waals surface area contributed by atoms with Gasteiger partial charge in [0.25, 0.3) is 0 Å². The maximum Gasteiger partial charge on any atom is 0.239 e. The molecule has 0 saturated carbocycles. The molecule has 2 amide bonds. The lowest BCUT2D eigenvalue weighted by Gasteiger charge is -2.21. The molecule has 0 saturated heterocycles. The Morgan fingerprint density at radius 1 is 1.39 bits per heavy atom. The smallest absolute Gasteiger partial charge is 0.239 e. The van der Waals surface area contributed by atoms with Gasteiger partial charge in [-0.15, -0.1) is 0 Å². The number of carbonyl (C=O) groups is 2. The predicted molar refractivity (Wildman–Crippen MR) is 76.5 cm³/mol. The van der Waals surface area contributed by atoms with E-state index in [1.165, 1.54) is 4.90 Å². The fourth-order valence-electron chi connectivity index (χ4n) is 1.32. The van der Waals surface area contributed by atoms with E-state index in [4.69, 9.17) is 5.73 Å². The van der Waals surface area contributed by atoms with Crippen molar-refractivity contribution in [2.24, 2.45) is 11.7 Å². The van der Waals surface area contributed by atoms with Crippen molar-refractivity contribution in [1.82, 2.24) is 10.2 Å². The monoisotopic (exact) mass is 275 g/mol. The van der Waals surface area contributed by atoms with Crippen molar-refractivity contribution in [3.05, 3.63) is 0 Å². The number of rotatable bonds is 8. The zero-order chi connectivity index (χ0) is 14.1. The molecule has 0 aliphatic rings. The number of nitrogens with zero attached hydrogens (tertiary/aromatic N) is 1. The highest BCUT2D eigenvalue weighted by Crippen LogP contribution is 2.01. The second-order valence-corrected chi connectivity index (χ2v) is 5.77. The summed E-state index contributed by atoms with van der Waals surface area (Å²) >= 11 is 1.65. The lowest BCUT2D eigenvalue weighted by Crippen LogP contribution is -2.46. The van der Waals surface area contributed by atoms with Gasteiger partial charge in [-0.05, 0) is 24.3 Å². The van der Waals surface area contributed by atoms with Crippen LogP contribution in [-0.4, -0.2) is 54.9 Å². The summed E-state index contributed by atoms with van der Waals surface area (Å²) in [4.78, 5) is 24.8. The number of nitrogens with one attached hydrogen (secondary N) is 1. The van der Waals surface area contributed by atoms with E-state index in [1.54, 1.807) is 18.8 Å². The summed E-state index contributed by atoms with van der Waals surface area (Å²) in [6, 6.07) is -0.514. The molecule has 5 nitrogen and oxygen atoms in total. The third kappa shape index (κ3) is 7.55. The summed E-state index contributed by atoms with van der Waals surface area (Å²) in [6.07, 6.45) is 2.61. The number of carbonyl (C=O) groups excluding carboxylic acids is 2. The normalized spacial score (nSPS) is 12.3. The minimum Gasteiger partial charge on any atom is -0.354 e. The van der Waals surface area contributed by atoms with Crippen molar-refractivity contribution in [1.29, 1.82) is 0 Å². The number of amides is 2. The highest BCUT2D eigenvalue weighted by molar-refractivity contribution is 7.98. The summed E-state index contributed by atoms with van der Waals surface area (Å²) in [7, 11) is 1.61. The molecule has 0 fully saturated rings. The van der Waals surface area contributed by atoms with Crippen LogP contribution in [-0.2, 0) is 9.59 Å². The molecular formula is C12H25N3O2S. The summed E-state index contributed by atoms with van der Waals surface area (Å²) in [5.74, 6) is 0.930. The van der Waals surface area contributed by atoms with Crippen LogP contribution in [0.3, 0.4) is 0 Å². The standard InChI is InChI=1S/C12H25N3O2S/c1-9(2)7-14-11(16)8-15(3)12(17)10(13)5-6-18-4/h9-10H,5-8,13H2,1-4H3,(H,14,16)/t10-/m0/s1. The van der Waals surface area contributed by atoms with E-state index < -0.39 is 6.04 Å². The van der Waals surface area contributed by atoms with Crippen molar-refractivity contribution in [3.8, 4) is 0 Å². The van der Waals surface area contributed by atoms with Crippen LogP contribution >= 0.6 is 11.8 Å². The van der Waals surface area contributed by atoms with Gasteiger partial charge in [0, 0.05) is 13.6 Å². The summed E-state index contributed by atoms with van der Waals surface area (Å²) in [5.41, 5.74) is 5.77. The van der Waals surface area contributed by atoms with Gasteiger partial charge in [-0.2, -0.15) is 11.8 Å². The summed E-state index contributed by atoms with van der Waals surface area (Å²) < 4.78 is 0. The van der Waals surface area contributed by atoms with Gasteiger partial charge in [-0.3, -0.25) is 9.59 Å². The molecule has 0 radical (unpaired) electrons. The molecule has 18 heavy (non-hydrogen) atoms. The average Bonchev–Trinajstić information content (AvgIpc) is 2.32. The van der Waals surface area contributed by atoms with Crippen molar-refractivity contribution in [3.63, 3.8) is 0 Å². The minimum absolute atomic E-state index is 0.0680. The average molecular weight is 275 g/mol. The van der Waals surface area contributed by atoms with E-state index in [0.717, 1.165) is 5.75 Å². The molecule has 0 bridgehead atoms. The van der Waals surface area contributed by atoms with Crippen molar-refractivity contribution in [2.75, 3.05) is 32.1 Å². The molecule has 0 unspecified atom stereocenters. The molecule has 106 valence electrons.